The van der Waals surface area contributed by atoms with E-state index in [-0.39, 0.29) is 24.2 Å². The third-order valence-corrected chi connectivity index (χ3v) is 6.37. The van der Waals surface area contributed by atoms with Crippen LogP contribution in [0.2, 0.25) is 0 Å². The highest BCUT2D eigenvalue weighted by molar-refractivity contribution is 5.99. The van der Waals surface area contributed by atoms with Crippen molar-refractivity contribution in [2.45, 2.75) is 44.4 Å². The Labute approximate surface area is 179 Å². The quantitative estimate of drug-likeness (QED) is 0.685. The van der Waals surface area contributed by atoms with Crippen molar-refractivity contribution in [3.8, 4) is 11.4 Å². The molecule has 1 amide bonds. The van der Waals surface area contributed by atoms with Crippen LogP contribution in [0.15, 0.2) is 48.8 Å². The zero-order valence-electron chi connectivity index (χ0n) is 17.3. The van der Waals surface area contributed by atoms with Gasteiger partial charge in [0.2, 0.25) is 0 Å². The second kappa shape index (κ2) is 7.81. The molecule has 3 aromatic rings. The number of benzene rings is 2. The van der Waals surface area contributed by atoms with E-state index in [1.165, 1.54) is 7.11 Å². The molecule has 0 spiro atoms. The molecule has 0 radical (unpaired) electrons. The number of carbonyl (C=O) groups is 1. The summed E-state index contributed by atoms with van der Waals surface area (Å²) in [7, 11) is 1.45. The molecule has 1 aliphatic carbocycles. The third-order valence-electron chi connectivity index (χ3n) is 6.37. The Morgan fingerprint density at radius 2 is 2.06 bits per heavy atom. The lowest BCUT2D eigenvalue weighted by Crippen LogP contribution is -2.40. The van der Waals surface area contributed by atoms with Gasteiger partial charge in [-0.25, -0.2) is 9.07 Å². The molecule has 5 rings (SSSR count). The van der Waals surface area contributed by atoms with E-state index in [1.807, 2.05) is 36.5 Å². The average molecular weight is 421 g/mol. The zero-order chi connectivity index (χ0) is 21.5. The number of aliphatic hydroxyl groups excluding tert-OH is 1. The van der Waals surface area contributed by atoms with Crippen LogP contribution >= 0.6 is 0 Å². The molecular weight excluding hydrogens is 397 g/mol. The van der Waals surface area contributed by atoms with Crippen LogP contribution in [0.25, 0.3) is 5.69 Å². The van der Waals surface area contributed by atoms with E-state index in [1.54, 1.807) is 21.8 Å². The standard InChI is InChI=1S/C24H24FN3O3/c1-31-23-16(12-15-6-8-17(9-7-15)28-11-3-10-26-28)13-18-19(22(23)25)14-27(24(18)30)20-4-2-5-21(20)29/h3,6-11,13,20-21,29H,2,4-5,12,14H2,1H3. The van der Waals surface area contributed by atoms with E-state index >= 15 is 4.39 Å². The number of fused-ring (bicyclic) bond motifs is 1. The van der Waals surface area contributed by atoms with Gasteiger partial charge in [-0.2, -0.15) is 5.10 Å². The van der Waals surface area contributed by atoms with Gasteiger partial charge in [0.05, 0.1) is 31.5 Å². The molecule has 7 heteroatoms. The van der Waals surface area contributed by atoms with Gasteiger partial charge in [-0.05, 0) is 49.1 Å². The number of nitrogens with zero attached hydrogens (tertiary/aromatic N) is 3. The van der Waals surface area contributed by atoms with E-state index in [0.717, 1.165) is 24.1 Å². The maximum absolute atomic E-state index is 15.3. The van der Waals surface area contributed by atoms with Crippen molar-refractivity contribution in [3.05, 3.63) is 76.9 Å². The largest absolute Gasteiger partial charge is 0.493 e. The molecule has 1 aliphatic heterocycles. The number of carbonyl (C=O) groups excluding carboxylic acids is 1. The topological polar surface area (TPSA) is 67.6 Å². The first-order valence-corrected chi connectivity index (χ1v) is 10.5. The fraction of sp³-hybridized carbons (Fsp3) is 0.333. The summed E-state index contributed by atoms with van der Waals surface area (Å²) in [6.07, 6.45) is 5.77. The Balaban J connectivity index is 1.45. The molecule has 1 saturated carbocycles. The molecule has 0 saturated heterocycles. The molecule has 0 bridgehead atoms. The first-order valence-electron chi connectivity index (χ1n) is 10.5. The lowest BCUT2D eigenvalue weighted by molar-refractivity contribution is 0.0478. The molecule has 2 aromatic carbocycles. The molecule has 1 fully saturated rings. The Morgan fingerprint density at radius 1 is 1.26 bits per heavy atom. The maximum atomic E-state index is 15.3. The fourth-order valence-electron chi connectivity index (χ4n) is 4.78. The van der Waals surface area contributed by atoms with Gasteiger partial charge in [-0.15, -0.1) is 0 Å². The number of halogens is 1. The fourth-order valence-corrected chi connectivity index (χ4v) is 4.78. The number of amides is 1. The van der Waals surface area contributed by atoms with E-state index in [2.05, 4.69) is 5.10 Å². The number of hydrogen-bond donors (Lipinski definition) is 1. The van der Waals surface area contributed by atoms with Gasteiger partial charge in [-0.1, -0.05) is 12.1 Å². The van der Waals surface area contributed by atoms with Crippen LogP contribution in [0, 0.1) is 5.82 Å². The van der Waals surface area contributed by atoms with Crippen molar-refractivity contribution < 1.29 is 19.0 Å². The highest BCUT2D eigenvalue weighted by atomic mass is 19.1. The summed E-state index contributed by atoms with van der Waals surface area (Å²) in [5.74, 6) is -0.513. The smallest absolute Gasteiger partial charge is 0.254 e. The van der Waals surface area contributed by atoms with E-state index < -0.39 is 11.9 Å². The number of aliphatic hydroxyl groups is 1. The Kier molecular flexibility index (Phi) is 4.98. The predicted molar refractivity (Wildman–Crippen MR) is 113 cm³/mol. The predicted octanol–water partition coefficient (Wildman–Crippen LogP) is 3.48. The van der Waals surface area contributed by atoms with Crippen LogP contribution in [0.3, 0.4) is 0 Å². The van der Waals surface area contributed by atoms with Gasteiger partial charge in [0, 0.05) is 35.5 Å². The molecule has 6 nitrogen and oxygen atoms in total. The summed E-state index contributed by atoms with van der Waals surface area (Å²) in [5, 5.41) is 14.5. The van der Waals surface area contributed by atoms with Gasteiger partial charge in [0.1, 0.15) is 0 Å². The van der Waals surface area contributed by atoms with Crippen molar-refractivity contribution >= 4 is 5.91 Å². The third kappa shape index (κ3) is 3.39. The summed E-state index contributed by atoms with van der Waals surface area (Å²) < 4.78 is 22.5. The highest BCUT2D eigenvalue weighted by Crippen LogP contribution is 2.38. The Hall–Kier alpha value is -3.19. The second-order valence-electron chi connectivity index (χ2n) is 8.20. The van der Waals surface area contributed by atoms with Crippen LogP contribution < -0.4 is 4.74 Å². The molecule has 31 heavy (non-hydrogen) atoms. The molecule has 1 N–H and O–H groups in total. The zero-order valence-corrected chi connectivity index (χ0v) is 17.3. The molecule has 160 valence electrons. The summed E-state index contributed by atoms with van der Waals surface area (Å²) in [6.45, 7) is 0.178. The van der Waals surface area contributed by atoms with Gasteiger partial charge >= 0.3 is 0 Å². The number of rotatable bonds is 5. The SMILES string of the molecule is COc1c(Cc2ccc(-n3cccn3)cc2)cc2c(c1F)CN(C1CCCC1O)C2=O. The minimum Gasteiger partial charge on any atom is -0.493 e. The summed E-state index contributed by atoms with van der Waals surface area (Å²) in [5.41, 5.74) is 3.27. The molecule has 2 heterocycles. The lowest BCUT2D eigenvalue weighted by atomic mass is 9.98. The molecule has 1 aromatic heterocycles. The number of methoxy groups -OCH3 is 1. The van der Waals surface area contributed by atoms with Crippen molar-refractivity contribution in [1.29, 1.82) is 0 Å². The maximum Gasteiger partial charge on any atom is 0.254 e. The molecule has 2 aliphatic rings. The number of aromatic nitrogens is 2. The van der Waals surface area contributed by atoms with E-state index in [9.17, 15) is 9.90 Å². The van der Waals surface area contributed by atoms with Gasteiger partial charge in [0.15, 0.2) is 11.6 Å². The van der Waals surface area contributed by atoms with Crippen LogP contribution in [0.1, 0.15) is 46.3 Å². The van der Waals surface area contributed by atoms with E-state index in [0.29, 0.717) is 29.5 Å². The van der Waals surface area contributed by atoms with E-state index in [4.69, 9.17) is 4.74 Å². The number of ether oxygens (including phenoxy) is 1. The van der Waals surface area contributed by atoms with Crippen molar-refractivity contribution in [3.63, 3.8) is 0 Å². The summed E-state index contributed by atoms with van der Waals surface area (Å²) in [4.78, 5) is 14.7. The molecule has 2 atom stereocenters. The van der Waals surface area contributed by atoms with Crippen molar-refractivity contribution in [1.82, 2.24) is 14.7 Å². The van der Waals surface area contributed by atoms with Crippen LogP contribution in [0.4, 0.5) is 4.39 Å². The minimum absolute atomic E-state index is 0.177. The Morgan fingerprint density at radius 3 is 2.71 bits per heavy atom. The summed E-state index contributed by atoms with van der Waals surface area (Å²) in [6, 6.07) is 11.2. The van der Waals surface area contributed by atoms with Gasteiger partial charge in [-0.3, -0.25) is 4.79 Å². The van der Waals surface area contributed by atoms with Gasteiger partial charge < -0.3 is 14.7 Å². The molecular formula is C24H24FN3O3. The Bertz CT molecular complexity index is 1110. The first kappa shape index (κ1) is 19.8. The van der Waals surface area contributed by atoms with Crippen molar-refractivity contribution in [2.24, 2.45) is 0 Å². The number of hydrogen-bond acceptors (Lipinski definition) is 4. The second-order valence-corrected chi connectivity index (χ2v) is 8.20. The highest BCUT2D eigenvalue weighted by Gasteiger charge is 2.40. The summed E-state index contributed by atoms with van der Waals surface area (Å²) >= 11 is 0. The first-order chi connectivity index (χ1) is 15.1. The normalized spacial score (nSPS) is 20.4. The van der Waals surface area contributed by atoms with Crippen LogP contribution in [-0.2, 0) is 13.0 Å². The monoisotopic (exact) mass is 421 g/mol. The van der Waals surface area contributed by atoms with Crippen LogP contribution in [0.5, 0.6) is 5.75 Å². The van der Waals surface area contributed by atoms with Crippen LogP contribution in [-0.4, -0.2) is 44.9 Å². The minimum atomic E-state index is -0.545. The average Bonchev–Trinajstić information content (AvgIpc) is 3.51. The van der Waals surface area contributed by atoms with Gasteiger partial charge in [0.25, 0.3) is 5.91 Å². The lowest BCUT2D eigenvalue weighted by Gasteiger charge is -2.26. The molecule has 2 unspecified atom stereocenters. The van der Waals surface area contributed by atoms with Crippen molar-refractivity contribution in [2.75, 3.05) is 7.11 Å².